The van der Waals surface area contributed by atoms with Crippen molar-refractivity contribution in [2.45, 2.75) is 6.04 Å². The Morgan fingerprint density at radius 1 is 1.03 bits per heavy atom. The Hall–Kier alpha value is -3.99. The second-order valence-corrected chi connectivity index (χ2v) is 8.08. The third kappa shape index (κ3) is 4.42. The van der Waals surface area contributed by atoms with E-state index < -0.39 is 29.3 Å². The number of rotatable bonds is 5. The first-order valence-electron chi connectivity index (χ1n) is 9.84. The maximum absolute atomic E-state index is 14.2. The first kappa shape index (κ1) is 23.2. The molecule has 0 aliphatic carbocycles. The van der Waals surface area contributed by atoms with Gasteiger partial charge in [-0.05, 0) is 47.5 Å². The Kier molecular flexibility index (Phi) is 6.46. The molecule has 0 unspecified atom stereocenters. The molecule has 1 aromatic heterocycles. The zero-order valence-corrected chi connectivity index (χ0v) is 18.7. The highest BCUT2D eigenvalue weighted by Gasteiger charge is 2.27. The van der Waals surface area contributed by atoms with Crippen LogP contribution in [-0.2, 0) is 4.79 Å². The SMILES string of the molecule is [C-]#[N+]c1ccc(-c2cc([C@H](NC(=O)c3c(F)cccc3Cl)C(=O)O)cc3cccnc23)c(Cl)c1. The van der Waals surface area contributed by atoms with Crippen molar-refractivity contribution < 1.29 is 19.1 Å². The van der Waals surface area contributed by atoms with E-state index >= 15 is 0 Å². The Morgan fingerprint density at radius 3 is 2.50 bits per heavy atom. The molecule has 0 bridgehead atoms. The summed E-state index contributed by atoms with van der Waals surface area (Å²) in [6.07, 6.45) is 1.59. The predicted octanol–water partition coefficient (Wildman–Crippen LogP) is 6.45. The lowest BCUT2D eigenvalue weighted by atomic mass is 9.95. The Labute approximate surface area is 203 Å². The number of carbonyl (C=O) groups excluding carboxylic acids is 1. The standard InChI is InChI=1S/C25H14Cl2FN3O3/c1-29-15-7-8-16(19(27)12-15)17-11-14(10-13-4-3-9-30-22(13)17)23(25(33)34)31-24(32)21-18(26)5-2-6-20(21)28/h2-12,23H,(H,31,32)(H,33,34)/t23-/m0/s1. The van der Waals surface area contributed by atoms with E-state index in [1.165, 1.54) is 18.2 Å². The summed E-state index contributed by atoms with van der Waals surface area (Å²) in [7, 11) is 0. The van der Waals surface area contributed by atoms with E-state index in [9.17, 15) is 19.1 Å². The number of hydrogen-bond donors (Lipinski definition) is 2. The van der Waals surface area contributed by atoms with Crippen LogP contribution in [0.1, 0.15) is 22.0 Å². The molecule has 168 valence electrons. The molecule has 1 atom stereocenters. The molecule has 0 radical (unpaired) electrons. The quantitative estimate of drug-likeness (QED) is 0.312. The first-order chi connectivity index (χ1) is 16.3. The van der Waals surface area contributed by atoms with Gasteiger partial charge in [-0.3, -0.25) is 9.78 Å². The summed E-state index contributed by atoms with van der Waals surface area (Å²) in [5.74, 6) is -3.20. The zero-order valence-electron chi connectivity index (χ0n) is 17.2. The first-order valence-corrected chi connectivity index (χ1v) is 10.6. The molecular weight excluding hydrogens is 480 g/mol. The lowest BCUT2D eigenvalue weighted by Gasteiger charge is -2.18. The van der Waals surface area contributed by atoms with Crippen LogP contribution in [0.4, 0.5) is 10.1 Å². The number of aliphatic carboxylic acids is 1. The minimum absolute atomic E-state index is 0.142. The Morgan fingerprint density at radius 2 is 1.82 bits per heavy atom. The number of hydrogen-bond acceptors (Lipinski definition) is 3. The normalized spacial score (nSPS) is 11.6. The van der Waals surface area contributed by atoms with Crippen molar-refractivity contribution in [3.8, 4) is 11.1 Å². The second kappa shape index (κ2) is 9.48. The van der Waals surface area contributed by atoms with E-state index in [-0.39, 0.29) is 15.6 Å². The second-order valence-electron chi connectivity index (χ2n) is 7.26. The van der Waals surface area contributed by atoms with Crippen molar-refractivity contribution in [2.24, 2.45) is 0 Å². The molecule has 0 aliphatic heterocycles. The van der Waals surface area contributed by atoms with Gasteiger partial charge in [0.2, 0.25) is 0 Å². The minimum Gasteiger partial charge on any atom is -0.479 e. The highest BCUT2D eigenvalue weighted by Crippen LogP contribution is 2.37. The summed E-state index contributed by atoms with van der Waals surface area (Å²) in [5.41, 5.74) is 1.72. The maximum Gasteiger partial charge on any atom is 0.330 e. The number of fused-ring (bicyclic) bond motifs is 1. The number of aromatic nitrogens is 1. The number of halogens is 3. The molecule has 0 saturated heterocycles. The van der Waals surface area contributed by atoms with Crippen molar-refractivity contribution in [3.63, 3.8) is 0 Å². The largest absolute Gasteiger partial charge is 0.479 e. The average Bonchev–Trinajstić information content (AvgIpc) is 2.81. The van der Waals surface area contributed by atoms with E-state index in [2.05, 4.69) is 15.1 Å². The molecule has 1 heterocycles. The van der Waals surface area contributed by atoms with Crippen LogP contribution in [0.25, 0.3) is 26.9 Å². The van der Waals surface area contributed by atoms with Crippen molar-refractivity contribution >= 4 is 51.7 Å². The number of carboxylic acids is 1. The van der Waals surface area contributed by atoms with Gasteiger partial charge in [0.05, 0.1) is 22.7 Å². The van der Waals surface area contributed by atoms with Crippen LogP contribution in [-0.4, -0.2) is 22.0 Å². The molecule has 6 nitrogen and oxygen atoms in total. The topological polar surface area (TPSA) is 83.7 Å². The van der Waals surface area contributed by atoms with Gasteiger partial charge < -0.3 is 10.4 Å². The van der Waals surface area contributed by atoms with Gasteiger partial charge in [0.25, 0.3) is 5.91 Å². The van der Waals surface area contributed by atoms with Crippen LogP contribution >= 0.6 is 23.2 Å². The van der Waals surface area contributed by atoms with Crippen LogP contribution in [0.2, 0.25) is 10.0 Å². The highest BCUT2D eigenvalue weighted by atomic mass is 35.5. The number of benzene rings is 3. The molecule has 0 aliphatic rings. The van der Waals surface area contributed by atoms with E-state index in [0.29, 0.717) is 27.7 Å². The number of nitrogens with zero attached hydrogens (tertiary/aromatic N) is 2. The number of carboxylic acid groups (broad SMARTS) is 1. The van der Waals surface area contributed by atoms with Gasteiger partial charge in [-0.15, -0.1) is 0 Å². The molecule has 0 spiro atoms. The number of pyridine rings is 1. The fourth-order valence-electron chi connectivity index (χ4n) is 3.59. The fourth-order valence-corrected chi connectivity index (χ4v) is 4.11. The van der Waals surface area contributed by atoms with Gasteiger partial charge in [0.1, 0.15) is 5.82 Å². The predicted molar refractivity (Wildman–Crippen MR) is 128 cm³/mol. The molecule has 9 heteroatoms. The van der Waals surface area contributed by atoms with E-state index in [0.717, 1.165) is 6.07 Å². The van der Waals surface area contributed by atoms with Crippen LogP contribution in [0, 0.1) is 12.4 Å². The smallest absolute Gasteiger partial charge is 0.330 e. The van der Waals surface area contributed by atoms with Crippen molar-refractivity contribution in [2.75, 3.05) is 0 Å². The number of amides is 1. The van der Waals surface area contributed by atoms with Crippen LogP contribution < -0.4 is 5.32 Å². The van der Waals surface area contributed by atoms with Crippen molar-refractivity contribution in [1.82, 2.24) is 10.3 Å². The molecule has 2 N–H and O–H groups in total. The molecule has 4 aromatic rings. The maximum atomic E-state index is 14.2. The van der Waals surface area contributed by atoms with Gasteiger partial charge >= 0.3 is 5.97 Å². The van der Waals surface area contributed by atoms with Crippen molar-refractivity contribution in [1.29, 1.82) is 0 Å². The third-order valence-corrected chi connectivity index (χ3v) is 5.77. The van der Waals surface area contributed by atoms with Gasteiger partial charge in [-0.25, -0.2) is 14.0 Å². The monoisotopic (exact) mass is 493 g/mol. The minimum atomic E-state index is -1.52. The van der Waals surface area contributed by atoms with Crippen molar-refractivity contribution in [3.05, 3.63) is 105 Å². The summed E-state index contributed by atoms with van der Waals surface area (Å²) < 4.78 is 14.2. The zero-order chi connectivity index (χ0) is 24.4. The summed E-state index contributed by atoms with van der Waals surface area (Å²) >= 11 is 12.4. The summed E-state index contributed by atoms with van der Waals surface area (Å²) in [6.45, 7) is 7.16. The average molecular weight is 494 g/mol. The Balaban J connectivity index is 1.85. The molecule has 34 heavy (non-hydrogen) atoms. The van der Waals surface area contributed by atoms with Gasteiger partial charge in [-0.1, -0.05) is 47.5 Å². The molecule has 0 fully saturated rings. The summed E-state index contributed by atoms with van der Waals surface area (Å²) in [4.78, 5) is 32.7. The molecule has 3 aromatic carbocycles. The van der Waals surface area contributed by atoms with E-state index in [1.807, 2.05) is 0 Å². The molecular formula is C25H14Cl2FN3O3. The summed E-state index contributed by atoms with van der Waals surface area (Å²) in [6, 6.07) is 13.5. The summed E-state index contributed by atoms with van der Waals surface area (Å²) in [5, 5.41) is 13.0. The Bertz CT molecular complexity index is 1480. The van der Waals surface area contributed by atoms with Gasteiger partial charge in [0, 0.05) is 22.2 Å². The lowest BCUT2D eigenvalue weighted by Crippen LogP contribution is -2.34. The molecule has 4 rings (SSSR count). The third-order valence-electron chi connectivity index (χ3n) is 5.14. The lowest BCUT2D eigenvalue weighted by molar-refractivity contribution is -0.139. The van der Waals surface area contributed by atoms with E-state index in [4.69, 9.17) is 29.8 Å². The van der Waals surface area contributed by atoms with Crippen LogP contribution in [0.15, 0.2) is 66.9 Å². The fraction of sp³-hybridized carbons (Fsp3) is 0.0400. The van der Waals surface area contributed by atoms with Crippen LogP contribution in [0.3, 0.4) is 0 Å². The molecule has 1 amide bonds. The van der Waals surface area contributed by atoms with E-state index in [1.54, 1.807) is 42.6 Å². The van der Waals surface area contributed by atoms with Crippen LogP contribution in [0.5, 0.6) is 0 Å². The number of carbonyl (C=O) groups is 2. The molecule has 0 saturated carbocycles. The highest BCUT2D eigenvalue weighted by molar-refractivity contribution is 6.34. The number of nitrogens with one attached hydrogen (secondary N) is 1. The van der Waals surface area contributed by atoms with Gasteiger partial charge in [-0.2, -0.15) is 0 Å². The van der Waals surface area contributed by atoms with Gasteiger partial charge in [0.15, 0.2) is 11.7 Å².